The number of nitrogens with zero attached hydrogens (tertiary/aromatic N) is 1. The lowest BCUT2D eigenvalue weighted by Crippen LogP contribution is -1.89. The highest BCUT2D eigenvalue weighted by Gasteiger charge is 2.01. The Morgan fingerprint density at radius 2 is 1.71 bits per heavy atom. The smallest absolute Gasteiger partial charge is 0.0702 e. The van der Waals surface area contributed by atoms with E-state index < -0.39 is 0 Å². The van der Waals surface area contributed by atoms with Gasteiger partial charge in [0.2, 0.25) is 0 Å². The summed E-state index contributed by atoms with van der Waals surface area (Å²) in [6, 6.07) is 13.1. The van der Waals surface area contributed by atoms with Crippen molar-refractivity contribution in [3.05, 3.63) is 48.2 Å². The molecule has 0 atom stereocenters. The van der Waals surface area contributed by atoms with Crippen LogP contribution in [0.4, 0.5) is 0 Å². The van der Waals surface area contributed by atoms with E-state index in [-0.39, 0.29) is 0 Å². The summed E-state index contributed by atoms with van der Waals surface area (Å²) in [4.78, 5) is 5.96. The van der Waals surface area contributed by atoms with E-state index in [0.29, 0.717) is 0 Å². The molecule has 0 aliphatic carbocycles. The number of aromatic nitrogens is 1. The maximum absolute atomic E-state index is 4.61. The van der Waals surface area contributed by atoms with Gasteiger partial charge in [0.05, 0.1) is 5.69 Å². The lowest BCUT2D eigenvalue weighted by Gasteiger charge is -2.05. The molecule has 0 saturated carbocycles. The third-order valence-corrected chi connectivity index (χ3v) is 4.73. The van der Waals surface area contributed by atoms with Crippen molar-refractivity contribution in [3.8, 4) is 11.3 Å². The molecule has 0 radical (unpaired) electrons. The Morgan fingerprint density at radius 1 is 0.905 bits per heavy atom. The van der Waals surface area contributed by atoms with Gasteiger partial charge in [-0.25, -0.2) is 0 Å². The van der Waals surface area contributed by atoms with Gasteiger partial charge in [0, 0.05) is 16.7 Å². The van der Waals surface area contributed by atoms with E-state index in [1.165, 1.54) is 47.5 Å². The van der Waals surface area contributed by atoms with Gasteiger partial charge in [-0.15, -0.1) is 11.8 Å². The monoisotopic (exact) mass is 299 g/mol. The van der Waals surface area contributed by atoms with Crippen LogP contribution in [-0.4, -0.2) is 10.7 Å². The van der Waals surface area contributed by atoms with Crippen molar-refractivity contribution in [2.75, 3.05) is 5.75 Å². The Bertz CT molecular complexity index is 516. The maximum Gasteiger partial charge on any atom is 0.0702 e. The number of thioether (sulfide) groups is 1. The molecular formula is C19H25NS. The van der Waals surface area contributed by atoms with Gasteiger partial charge in [-0.1, -0.05) is 44.9 Å². The van der Waals surface area contributed by atoms with Crippen LogP contribution in [0, 0.1) is 0 Å². The molecule has 2 heteroatoms. The Kier molecular flexibility index (Phi) is 6.81. The molecular weight excluding hydrogens is 274 g/mol. The summed E-state index contributed by atoms with van der Waals surface area (Å²) in [6.07, 6.45) is 8.24. The first-order valence-corrected chi connectivity index (χ1v) is 9.00. The van der Waals surface area contributed by atoms with E-state index in [1.807, 2.05) is 18.0 Å². The average Bonchev–Trinajstić information content (AvgIpc) is 2.54. The van der Waals surface area contributed by atoms with E-state index in [4.69, 9.17) is 0 Å². The minimum atomic E-state index is 1.07. The summed E-state index contributed by atoms with van der Waals surface area (Å²) < 4.78 is 0. The summed E-state index contributed by atoms with van der Waals surface area (Å²) in [5.74, 6) is 1.18. The first kappa shape index (κ1) is 16.1. The molecule has 1 aromatic carbocycles. The van der Waals surface area contributed by atoms with Crippen LogP contribution in [0.1, 0.15) is 45.1 Å². The van der Waals surface area contributed by atoms with Crippen molar-refractivity contribution >= 4 is 11.8 Å². The van der Waals surface area contributed by atoms with Crippen LogP contribution >= 0.6 is 11.8 Å². The lowest BCUT2D eigenvalue weighted by atomic mass is 10.1. The Labute approximate surface area is 133 Å². The normalized spacial score (nSPS) is 10.8. The van der Waals surface area contributed by atoms with Crippen LogP contribution in [0.15, 0.2) is 47.5 Å². The number of benzene rings is 1. The Morgan fingerprint density at radius 3 is 2.33 bits per heavy atom. The van der Waals surface area contributed by atoms with Gasteiger partial charge in [-0.3, -0.25) is 4.98 Å². The Balaban J connectivity index is 1.97. The minimum absolute atomic E-state index is 1.07. The van der Waals surface area contributed by atoms with E-state index >= 15 is 0 Å². The minimum Gasteiger partial charge on any atom is -0.256 e. The van der Waals surface area contributed by atoms with Gasteiger partial charge >= 0.3 is 0 Å². The predicted octanol–water partition coefficient (Wildman–Crippen LogP) is 5.98. The highest BCUT2D eigenvalue weighted by Crippen LogP contribution is 2.23. The molecule has 0 amide bonds. The van der Waals surface area contributed by atoms with E-state index in [2.05, 4.69) is 55.2 Å². The van der Waals surface area contributed by atoms with Crippen LogP contribution in [0.25, 0.3) is 11.3 Å². The van der Waals surface area contributed by atoms with Gasteiger partial charge in [-0.05, 0) is 48.8 Å². The summed E-state index contributed by atoms with van der Waals surface area (Å²) in [5.41, 5.74) is 3.62. The van der Waals surface area contributed by atoms with Crippen molar-refractivity contribution in [1.82, 2.24) is 4.98 Å². The second-order valence-electron chi connectivity index (χ2n) is 5.38. The van der Waals surface area contributed by atoms with Crippen molar-refractivity contribution in [3.63, 3.8) is 0 Å². The van der Waals surface area contributed by atoms with Crippen LogP contribution in [0.3, 0.4) is 0 Å². The highest BCUT2D eigenvalue weighted by atomic mass is 32.2. The van der Waals surface area contributed by atoms with Gasteiger partial charge in [0.25, 0.3) is 0 Å². The molecule has 0 saturated heterocycles. The van der Waals surface area contributed by atoms with Crippen LogP contribution in [-0.2, 0) is 6.42 Å². The zero-order valence-electron chi connectivity index (χ0n) is 13.1. The quantitative estimate of drug-likeness (QED) is 0.439. The predicted molar refractivity (Wildman–Crippen MR) is 93.9 cm³/mol. The van der Waals surface area contributed by atoms with Crippen molar-refractivity contribution < 1.29 is 0 Å². The number of rotatable bonds is 8. The first-order chi connectivity index (χ1) is 10.3. The second kappa shape index (κ2) is 8.89. The zero-order chi connectivity index (χ0) is 14.9. The first-order valence-electron chi connectivity index (χ1n) is 8.01. The summed E-state index contributed by atoms with van der Waals surface area (Å²) in [5, 5.41) is 0. The SMILES string of the molecule is CCCCCc1ccc(-c2ccc(SCCC)cc2)nc1. The fourth-order valence-corrected chi connectivity index (χ4v) is 3.03. The van der Waals surface area contributed by atoms with Crippen LogP contribution in [0.2, 0.25) is 0 Å². The molecule has 0 N–H and O–H groups in total. The molecule has 0 fully saturated rings. The molecule has 0 aliphatic heterocycles. The molecule has 1 nitrogen and oxygen atoms in total. The standard InChI is InChI=1S/C19H25NS/c1-3-5-6-7-16-8-13-19(20-15-16)17-9-11-18(12-10-17)21-14-4-2/h8-13,15H,3-7,14H2,1-2H3. The topological polar surface area (TPSA) is 12.9 Å². The van der Waals surface area contributed by atoms with Crippen LogP contribution in [0.5, 0.6) is 0 Å². The largest absolute Gasteiger partial charge is 0.256 e. The molecule has 2 rings (SSSR count). The molecule has 112 valence electrons. The highest BCUT2D eigenvalue weighted by molar-refractivity contribution is 7.99. The molecule has 1 aromatic heterocycles. The zero-order valence-corrected chi connectivity index (χ0v) is 14.0. The molecule has 0 spiro atoms. The third kappa shape index (κ3) is 5.20. The number of pyridine rings is 1. The molecule has 0 aliphatic rings. The summed E-state index contributed by atoms with van der Waals surface area (Å²) in [7, 11) is 0. The van der Waals surface area contributed by atoms with Crippen molar-refractivity contribution in [2.45, 2.75) is 50.8 Å². The average molecular weight is 299 g/mol. The van der Waals surface area contributed by atoms with Crippen LogP contribution < -0.4 is 0 Å². The second-order valence-corrected chi connectivity index (χ2v) is 6.55. The van der Waals surface area contributed by atoms with Gasteiger partial charge in [0.1, 0.15) is 0 Å². The molecule has 2 aromatic rings. The fourth-order valence-electron chi connectivity index (χ4n) is 2.26. The lowest BCUT2D eigenvalue weighted by molar-refractivity contribution is 0.716. The number of hydrogen-bond donors (Lipinski definition) is 0. The van der Waals surface area contributed by atoms with E-state index in [1.54, 1.807) is 0 Å². The van der Waals surface area contributed by atoms with Gasteiger partial charge < -0.3 is 0 Å². The number of unbranched alkanes of at least 4 members (excludes halogenated alkanes) is 2. The third-order valence-electron chi connectivity index (χ3n) is 3.52. The Hall–Kier alpha value is -1.28. The molecule has 21 heavy (non-hydrogen) atoms. The number of aryl methyl sites for hydroxylation is 1. The summed E-state index contributed by atoms with van der Waals surface area (Å²) in [6.45, 7) is 4.46. The molecule has 1 heterocycles. The van der Waals surface area contributed by atoms with Crippen molar-refractivity contribution in [1.29, 1.82) is 0 Å². The summed E-state index contributed by atoms with van der Waals surface area (Å²) >= 11 is 1.92. The maximum atomic E-state index is 4.61. The fraction of sp³-hybridized carbons (Fsp3) is 0.421. The van der Waals surface area contributed by atoms with E-state index in [0.717, 1.165) is 12.1 Å². The number of hydrogen-bond acceptors (Lipinski definition) is 2. The van der Waals surface area contributed by atoms with E-state index in [9.17, 15) is 0 Å². The molecule has 0 unspecified atom stereocenters. The van der Waals surface area contributed by atoms with Crippen molar-refractivity contribution in [2.24, 2.45) is 0 Å². The molecule has 0 bridgehead atoms. The van der Waals surface area contributed by atoms with Gasteiger partial charge in [-0.2, -0.15) is 0 Å². The van der Waals surface area contributed by atoms with Gasteiger partial charge in [0.15, 0.2) is 0 Å².